The van der Waals surface area contributed by atoms with Crippen LogP contribution in [0.1, 0.15) is 21.4 Å². The molecule has 0 saturated carbocycles. The van der Waals surface area contributed by atoms with Crippen LogP contribution in [0.25, 0.3) is 0 Å². The molecule has 7 nitrogen and oxygen atoms in total. The topological polar surface area (TPSA) is 61.6 Å². The second kappa shape index (κ2) is 11.2. The van der Waals surface area contributed by atoms with Gasteiger partial charge in [0, 0.05) is 49.5 Å². The number of thiophene rings is 2. The lowest BCUT2D eigenvalue weighted by Gasteiger charge is -2.36. The van der Waals surface area contributed by atoms with E-state index in [-0.39, 0.29) is 24.0 Å². The zero-order valence-corrected chi connectivity index (χ0v) is 21.3. The Hall–Kier alpha value is -1.50. The third kappa shape index (κ3) is 6.02. The summed E-state index contributed by atoms with van der Waals surface area (Å²) >= 11 is 3.60. The lowest BCUT2D eigenvalue weighted by molar-refractivity contribution is 0.173. The largest absolute Gasteiger partial charge is 0.351 e. The van der Waals surface area contributed by atoms with Crippen molar-refractivity contribution < 1.29 is 0 Å². The van der Waals surface area contributed by atoms with E-state index in [9.17, 15) is 0 Å². The number of hydrogen-bond acceptors (Lipinski definition) is 6. The van der Waals surface area contributed by atoms with Gasteiger partial charge in [-0.15, -0.1) is 56.8 Å². The maximum atomic E-state index is 4.89. The van der Waals surface area contributed by atoms with Gasteiger partial charge in [0.25, 0.3) is 0 Å². The zero-order chi connectivity index (χ0) is 20.1. The first-order valence-electron chi connectivity index (χ1n) is 9.84. The van der Waals surface area contributed by atoms with Crippen molar-refractivity contribution in [2.75, 3.05) is 26.2 Å². The first-order chi connectivity index (χ1) is 14.2. The average Bonchev–Trinajstić information content (AvgIpc) is 3.49. The summed E-state index contributed by atoms with van der Waals surface area (Å²) in [6, 6.07) is 8.59. The average molecular weight is 558 g/mol. The summed E-state index contributed by atoms with van der Waals surface area (Å²) in [5.74, 6) is 2.74. The van der Waals surface area contributed by atoms with E-state index in [0.29, 0.717) is 6.54 Å². The lowest BCUT2D eigenvalue weighted by atomic mass is 10.3. The molecule has 0 aromatic carbocycles. The monoisotopic (exact) mass is 557 g/mol. The highest BCUT2D eigenvalue weighted by molar-refractivity contribution is 14.0. The molecule has 0 spiro atoms. The number of hydrogen-bond donors (Lipinski definition) is 1. The van der Waals surface area contributed by atoms with E-state index >= 15 is 0 Å². The SMILES string of the molecule is Cc1nnc(CN=C(NCc2cccs2)N2CCN(Cc3cccs3)CC2)n1C.I. The van der Waals surface area contributed by atoms with Crippen LogP contribution >= 0.6 is 46.7 Å². The maximum absolute atomic E-state index is 4.89. The van der Waals surface area contributed by atoms with Gasteiger partial charge in [0.05, 0.1) is 6.54 Å². The Morgan fingerprint density at radius 2 is 1.77 bits per heavy atom. The number of rotatable bonds is 6. The van der Waals surface area contributed by atoms with E-state index in [0.717, 1.165) is 56.9 Å². The predicted octanol–water partition coefficient (Wildman–Crippen LogP) is 3.33. The molecule has 1 fully saturated rings. The van der Waals surface area contributed by atoms with E-state index in [4.69, 9.17) is 4.99 Å². The van der Waals surface area contributed by atoms with E-state index in [1.807, 2.05) is 29.9 Å². The van der Waals surface area contributed by atoms with Crippen molar-refractivity contribution >= 4 is 52.6 Å². The lowest BCUT2D eigenvalue weighted by Crippen LogP contribution is -2.52. The van der Waals surface area contributed by atoms with Crippen molar-refractivity contribution in [1.29, 1.82) is 0 Å². The highest BCUT2D eigenvalue weighted by Gasteiger charge is 2.20. The first-order valence-corrected chi connectivity index (χ1v) is 11.6. The molecular formula is C20H28IN7S2. The molecule has 30 heavy (non-hydrogen) atoms. The number of guanidine groups is 1. The first kappa shape index (κ1) is 23.2. The molecule has 4 heterocycles. The molecule has 3 aromatic heterocycles. The van der Waals surface area contributed by atoms with Gasteiger partial charge in [0.1, 0.15) is 12.4 Å². The summed E-state index contributed by atoms with van der Waals surface area (Å²) in [7, 11) is 1.99. The van der Waals surface area contributed by atoms with Crippen LogP contribution in [0.2, 0.25) is 0 Å². The number of aromatic nitrogens is 3. The smallest absolute Gasteiger partial charge is 0.194 e. The van der Waals surface area contributed by atoms with Crippen LogP contribution < -0.4 is 5.32 Å². The Balaban J connectivity index is 0.00000256. The number of nitrogens with one attached hydrogen (secondary N) is 1. The molecule has 0 atom stereocenters. The number of nitrogens with zero attached hydrogens (tertiary/aromatic N) is 6. The van der Waals surface area contributed by atoms with Gasteiger partial charge in [-0.05, 0) is 29.8 Å². The number of halogens is 1. The Morgan fingerprint density at radius 3 is 2.37 bits per heavy atom. The predicted molar refractivity (Wildman–Crippen MR) is 135 cm³/mol. The standard InChI is InChI=1S/C20H27N7S2.HI/c1-16-23-24-19(25(16)2)14-22-20(21-13-17-5-3-11-28-17)27-9-7-26(8-10-27)15-18-6-4-12-29-18;/h3-6,11-12H,7-10,13-15H2,1-2H3,(H,21,22);1H. The van der Waals surface area contributed by atoms with E-state index in [1.165, 1.54) is 9.75 Å². The number of piperazine rings is 1. The molecule has 162 valence electrons. The third-order valence-corrected chi connectivity index (χ3v) is 6.92. The van der Waals surface area contributed by atoms with Crippen LogP contribution in [-0.2, 0) is 26.7 Å². The van der Waals surface area contributed by atoms with Gasteiger partial charge in [0.2, 0.25) is 0 Å². The van der Waals surface area contributed by atoms with Crippen molar-refractivity contribution in [3.8, 4) is 0 Å². The van der Waals surface area contributed by atoms with Crippen LogP contribution in [0, 0.1) is 6.92 Å². The van der Waals surface area contributed by atoms with Crippen LogP contribution in [0.15, 0.2) is 40.0 Å². The molecule has 10 heteroatoms. The molecule has 0 unspecified atom stereocenters. The van der Waals surface area contributed by atoms with Crippen molar-refractivity contribution in [2.45, 2.75) is 26.6 Å². The van der Waals surface area contributed by atoms with Crippen LogP contribution in [0.5, 0.6) is 0 Å². The fourth-order valence-electron chi connectivity index (χ4n) is 3.32. The summed E-state index contributed by atoms with van der Waals surface area (Å²) in [5, 5.41) is 16.2. The Kier molecular flexibility index (Phi) is 8.66. The summed E-state index contributed by atoms with van der Waals surface area (Å²) < 4.78 is 2.00. The van der Waals surface area contributed by atoms with Gasteiger partial charge in [-0.3, -0.25) is 4.90 Å². The third-order valence-electron chi connectivity index (χ3n) is 5.19. The van der Waals surface area contributed by atoms with Crippen molar-refractivity contribution in [1.82, 2.24) is 29.9 Å². The zero-order valence-electron chi connectivity index (χ0n) is 17.3. The highest BCUT2D eigenvalue weighted by atomic mass is 127. The van der Waals surface area contributed by atoms with Crippen molar-refractivity contribution in [2.24, 2.45) is 12.0 Å². The summed E-state index contributed by atoms with van der Waals surface area (Å²) in [6.45, 7) is 8.35. The molecule has 3 aromatic rings. The van der Waals surface area contributed by atoms with Crippen molar-refractivity contribution in [3.63, 3.8) is 0 Å². The minimum atomic E-state index is 0. The molecular weight excluding hydrogens is 529 g/mol. The van der Waals surface area contributed by atoms with Gasteiger partial charge in [-0.25, -0.2) is 4.99 Å². The summed E-state index contributed by atoms with van der Waals surface area (Å²) in [5.41, 5.74) is 0. The Morgan fingerprint density at radius 1 is 1.07 bits per heavy atom. The maximum Gasteiger partial charge on any atom is 0.194 e. The minimum Gasteiger partial charge on any atom is -0.351 e. The van der Waals surface area contributed by atoms with Gasteiger partial charge < -0.3 is 14.8 Å². The summed E-state index contributed by atoms with van der Waals surface area (Å²) in [4.78, 5) is 12.5. The molecule has 1 N–H and O–H groups in total. The Labute approximate surface area is 202 Å². The number of aliphatic imine (C=N–C) groups is 1. The van der Waals surface area contributed by atoms with Crippen LogP contribution in [-0.4, -0.2) is 56.7 Å². The van der Waals surface area contributed by atoms with Crippen LogP contribution in [0.4, 0.5) is 0 Å². The quantitative estimate of drug-likeness (QED) is 0.286. The molecule has 1 saturated heterocycles. The Bertz CT molecular complexity index is 913. The second-order valence-electron chi connectivity index (χ2n) is 7.14. The molecule has 0 radical (unpaired) electrons. The van der Waals surface area contributed by atoms with Gasteiger partial charge in [-0.2, -0.15) is 0 Å². The minimum absolute atomic E-state index is 0. The molecule has 1 aliphatic heterocycles. The second-order valence-corrected chi connectivity index (χ2v) is 9.20. The molecule has 0 bridgehead atoms. The normalized spacial score (nSPS) is 15.3. The fraction of sp³-hybridized carbons (Fsp3) is 0.450. The highest BCUT2D eigenvalue weighted by Crippen LogP contribution is 2.14. The van der Waals surface area contributed by atoms with Crippen LogP contribution in [0.3, 0.4) is 0 Å². The number of aryl methyl sites for hydroxylation is 1. The van der Waals surface area contributed by atoms with Gasteiger partial charge >= 0.3 is 0 Å². The molecule has 4 rings (SSSR count). The van der Waals surface area contributed by atoms with E-state index in [2.05, 4.69) is 60.3 Å². The van der Waals surface area contributed by atoms with E-state index < -0.39 is 0 Å². The molecule has 0 aliphatic carbocycles. The van der Waals surface area contributed by atoms with Crippen molar-refractivity contribution in [3.05, 3.63) is 56.4 Å². The van der Waals surface area contributed by atoms with Gasteiger partial charge in [0.15, 0.2) is 11.8 Å². The van der Waals surface area contributed by atoms with E-state index in [1.54, 1.807) is 11.3 Å². The molecule has 0 amide bonds. The fourth-order valence-corrected chi connectivity index (χ4v) is 4.71. The molecule has 1 aliphatic rings. The van der Waals surface area contributed by atoms with Gasteiger partial charge in [-0.1, -0.05) is 12.1 Å². The summed E-state index contributed by atoms with van der Waals surface area (Å²) in [6.07, 6.45) is 0.